The highest BCUT2D eigenvalue weighted by atomic mass is 16.5. The lowest BCUT2D eigenvalue weighted by atomic mass is 9.61. The van der Waals surface area contributed by atoms with Gasteiger partial charge in [-0.25, -0.2) is 0 Å². The summed E-state index contributed by atoms with van der Waals surface area (Å²) in [5.41, 5.74) is -0.485. The normalized spacial score (nSPS) is 15.9. The Morgan fingerprint density at radius 3 is 1.76 bits per heavy atom. The minimum atomic E-state index is -0.464. The standard InChI is InChI=1S/C18H37NO2/c1-10-19(11-2)12-13-21-15(20)18(9,17(6,7)8)14-16(3,4)5/h10-14H2,1-9H3. The van der Waals surface area contributed by atoms with Gasteiger partial charge in [-0.3, -0.25) is 4.79 Å². The molecule has 0 saturated heterocycles. The molecule has 3 heteroatoms. The van der Waals surface area contributed by atoms with Crippen molar-refractivity contribution in [2.45, 2.75) is 68.7 Å². The Morgan fingerprint density at radius 2 is 1.43 bits per heavy atom. The van der Waals surface area contributed by atoms with Crippen molar-refractivity contribution in [3.05, 3.63) is 0 Å². The molecule has 0 fully saturated rings. The van der Waals surface area contributed by atoms with E-state index in [2.05, 4.69) is 67.2 Å². The lowest BCUT2D eigenvalue weighted by molar-refractivity contribution is -0.165. The average molecular weight is 299 g/mol. The topological polar surface area (TPSA) is 29.5 Å². The van der Waals surface area contributed by atoms with Gasteiger partial charge in [-0.05, 0) is 37.3 Å². The molecule has 21 heavy (non-hydrogen) atoms. The zero-order chi connectivity index (χ0) is 16.9. The molecule has 1 unspecified atom stereocenters. The molecule has 0 N–H and O–H groups in total. The van der Waals surface area contributed by atoms with E-state index in [1.165, 1.54) is 0 Å². The van der Waals surface area contributed by atoms with Gasteiger partial charge in [-0.1, -0.05) is 55.4 Å². The number of hydrogen-bond acceptors (Lipinski definition) is 3. The predicted octanol–water partition coefficient (Wildman–Crippen LogP) is 4.36. The zero-order valence-electron chi connectivity index (χ0n) is 15.8. The highest BCUT2D eigenvalue weighted by Crippen LogP contribution is 2.47. The van der Waals surface area contributed by atoms with Gasteiger partial charge in [0.1, 0.15) is 6.61 Å². The summed E-state index contributed by atoms with van der Waals surface area (Å²) < 4.78 is 5.63. The monoisotopic (exact) mass is 299 g/mol. The summed E-state index contributed by atoms with van der Waals surface area (Å²) in [6.07, 6.45) is 0.827. The Hall–Kier alpha value is -0.570. The van der Waals surface area contributed by atoms with Crippen LogP contribution in [0.3, 0.4) is 0 Å². The average Bonchev–Trinajstić information content (AvgIpc) is 2.30. The van der Waals surface area contributed by atoms with Crippen LogP contribution >= 0.6 is 0 Å². The smallest absolute Gasteiger partial charge is 0.312 e. The molecule has 0 aliphatic rings. The zero-order valence-corrected chi connectivity index (χ0v) is 15.8. The Morgan fingerprint density at radius 1 is 0.952 bits per heavy atom. The largest absolute Gasteiger partial charge is 0.464 e. The van der Waals surface area contributed by atoms with Gasteiger partial charge in [0.15, 0.2) is 0 Å². The maximum Gasteiger partial charge on any atom is 0.312 e. The van der Waals surface area contributed by atoms with E-state index in [1.807, 2.05) is 0 Å². The van der Waals surface area contributed by atoms with E-state index in [0.29, 0.717) is 6.61 Å². The summed E-state index contributed by atoms with van der Waals surface area (Å²) in [5.74, 6) is -0.0583. The first-order chi connectivity index (χ1) is 9.37. The van der Waals surface area contributed by atoms with Crippen molar-refractivity contribution in [1.29, 1.82) is 0 Å². The summed E-state index contributed by atoms with van der Waals surface area (Å²) in [6.45, 7) is 22.5. The van der Waals surface area contributed by atoms with Gasteiger partial charge < -0.3 is 9.64 Å². The number of carbonyl (C=O) groups excluding carboxylic acids is 1. The van der Waals surface area contributed by atoms with Gasteiger partial charge >= 0.3 is 5.97 Å². The number of nitrogens with zero attached hydrogens (tertiary/aromatic N) is 1. The fraction of sp³-hybridized carbons (Fsp3) is 0.944. The van der Waals surface area contributed by atoms with Gasteiger partial charge in [-0.2, -0.15) is 0 Å². The Labute approximate surface area is 132 Å². The number of ether oxygens (including phenoxy) is 1. The lowest BCUT2D eigenvalue weighted by Crippen LogP contribution is -2.45. The maximum atomic E-state index is 12.7. The molecule has 0 aliphatic heterocycles. The van der Waals surface area contributed by atoms with E-state index in [4.69, 9.17) is 4.74 Å². The van der Waals surface area contributed by atoms with Crippen molar-refractivity contribution < 1.29 is 9.53 Å². The van der Waals surface area contributed by atoms with E-state index in [0.717, 1.165) is 26.1 Å². The Kier molecular flexibility index (Phi) is 7.41. The predicted molar refractivity (Wildman–Crippen MR) is 90.4 cm³/mol. The second kappa shape index (κ2) is 7.62. The number of rotatable bonds is 7. The minimum absolute atomic E-state index is 0.0583. The first kappa shape index (κ1) is 20.4. The van der Waals surface area contributed by atoms with Crippen LogP contribution in [0.25, 0.3) is 0 Å². The van der Waals surface area contributed by atoms with E-state index < -0.39 is 5.41 Å². The van der Waals surface area contributed by atoms with Gasteiger partial charge in [0.25, 0.3) is 0 Å². The fourth-order valence-electron chi connectivity index (χ4n) is 2.67. The Balaban J connectivity index is 4.84. The number of carbonyl (C=O) groups is 1. The molecule has 0 amide bonds. The molecule has 3 nitrogen and oxygen atoms in total. The molecule has 126 valence electrons. The van der Waals surface area contributed by atoms with E-state index in [9.17, 15) is 4.79 Å². The van der Waals surface area contributed by atoms with Crippen molar-refractivity contribution >= 4 is 5.97 Å². The van der Waals surface area contributed by atoms with Crippen LogP contribution in [-0.4, -0.2) is 37.1 Å². The quantitative estimate of drug-likeness (QED) is 0.654. The molecular formula is C18H37NO2. The van der Waals surface area contributed by atoms with Gasteiger partial charge in [0.05, 0.1) is 5.41 Å². The van der Waals surface area contributed by atoms with Crippen LogP contribution in [0.1, 0.15) is 68.7 Å². The summed E-state index contributed by atoms with van der Waals surface area (Å²) in [7, 11) is 0. The third kappa shape index (κ3) is 6.37. The van der Waals surface area contributed by atoms with Crippen LogP contribution in [0.15, 0.2) is 0 Å². The third-order valence-corrected chi connectivity index (χ3v) is 4.52. The summed E-state index contributed by atoms with van der Waals surface area (Å²) in [5, 5.41) is 0. The molecule has 0 spiro atoms. The lowest BCUT2D eigenvalue weighted by Gasteiger charge is -2.43. The molecule has 0 aliphatic carbocycles. The van der Waals surface area contributed by atoms with Gasteiger partial charge in [-0.15, -0.1) is 0 Å². The summed E-state index contributed by atoms with van der Waals surface area (Å²) in [4.78, 5) is 15.0. The summed E-state index contributed by atoms with van der Waals surface area (Å²) in [6, 6.07) is 0. The minimum Gasteiger partial charge on any atom is -0.464 e. The number of hydrogen-bond donors (Lipinski definition) is 0. The molecule has 0 aromatic heterocycles. The molecule has 1 atom stereocenters. The van der Waals surface area contributed by atoms with Crippen molar-refractivity contribution in [2.75, 3.05) is 26.2 Å². The van der Waals surface area contributed by atoms with Crippen LogP contribution in [0, 0.1) is 16.2 Å². The summed E-state index contributed by atoms with van der Waals surface area (Å²) >= 11 is 0. The van der Waals surface area contributed by atoms with Crippen molar-refractivity contribution in [1.82, 2.24) is 4.90 Å². The molecule has 0 rings (SSSR count). The van der Waals surface area contributed by atoms with E-state index >= 15 is 0 Å². The molecule has 0 heterocycles. The van der Waals surface area contributed by atoms with Crippen LogP contribution in [0.4, 0.5) is 0 Å². The van der Waals surface area contributed by atoms with Gasteiger partial charge in [0, 0.05) is 6.54 Å². The SMILES string of the molecule is CCN(CC)CCOC(=O)C(C)(CC(C)(C)C)C(C)(C)C. The second-order valence-electron chi connectivity index (χ2n) is 8.48. The highest BCUT2D eigenvalue weighted by Gasteiger charge is 2.47. The first-order valence-corrected chi connectivity index (χ1v) is 8.27. The molecule has 0 aromatic rings. The molecule has 0 aromatic carbocycles. The van der Waals surface area contributed by atoms with E-state index in [1.54, 1.807) is 0 Å². The number of esters is 1. The van der Waals surface area contributed by atoms with Crippen LogP contribution in [0.5, 0.6) is 0 Å². The van der Waals surface area contributed by atoms with Crippen LogP contribution < -0.4 is 0 Å². The van der Waals surface area contributed by atoms with Gasteiger partial charge in [0.2, 0.25) is 0 Å². The van der Waals surface area contributed by atoms with Crippen LogP contribution in [-0.2, 0) is 9.53 Å². The van der Waals surface area contributed by atoms with E-state index in [-0.39, 0.29) is 16.8 Å². The molecule has 0 radical (unpaired) electrons. The molecule has 0 bridgehead atoms. The van der Waals surface area contributed by atoms with Crippen LogP contribution in [0.2, 0.25) is 0 Å². The Bertz CT molecular complexity index is 321. The van der Waals surface area contributed by atoms with Crippen molar-refractivity contribution in [2.24, 2.45) is 16.2 Å². The van der Waals surface area contributed by atoms with Crippen molar-refractivity contribution in [3.8, 4) is 0 Å². The maximum absolute atomic E-state index is 12.7. The fourth-order valence-corrected chi connectivity index (χ4v) is 2.67. The third-order valence-electron chi connectivity index (χ3n) is 4.52. The first-order valence-electron chi connectivity index (χ1n) is 8.27. The van der Waals surface area contributed by atoms with Crippen molar-refractivity contribution in [3.63, 3.8) is 0 Å². The molecular weight excluding hydrogens is 262 g/mol. The molecule has 0 saturated carbocycles. The highest BCUT2D eigenvalue weighted by molar-refractivity contribution is 5.77. The second-order valence-corrected chi connectivity index (χ2v) is 8.48. The number of likely N-dealkylation sites (N-methyl/N-ethyl adjacent to an activating group) is 1.